The number of benzene rings is 3. The zero-order valence-corrected chi connectivity index (χ0v) is 20.5. The molecule has 1 atom stereocenters. The highest BCUT2D eigenvalue weighted by Crippen LogP contribution is 2.44. The summed E-state index contributed by atoms with van der Waals surface area (Å²) in [5.41, 5.74) is 4.32. The molecule has 0 saturated carbocycles. The minimum atomic E-state index is -0.966. The molecule has 3 aromatic rings. The molecule has 1 amide bonds. The first-order chi connectivity index (χ1) is 16.6. The van der Waals surface area contributed by atoms with Crippen LogP contribution in [-0.2, 0) is 20.7 Å². The Balaban J connectivity index is 1.52. The van der Waals surface area contributed by atoms with Crippen molar-refractivity contribution in [3.63, 3.8) is 0 Å². The number of hydrogen-bond donors (Lipinski definition) is 0. The van der Waals surface area contributed by atoms with Crippen LogP contribution in [0.2, 0.25) is 0 Å². The van der Waals surface area contributed by atoms with Crippen molar-refractivity contribution < 1.29 is 23.5 Å². The Bertz CT molecular complexity index is 1190. The summed E-state index contributed by atoms with van der Waals surface area (Å²) in [4.78, 5) is 27.4. The van der Waals surface area contributed by atoms with E-state index < -0.39 is 29.5 Å². The lowest BCUT2D eigenvalue weighted by Crippen LogP contribution is -2.47. The Morgan fingerprint density at radius 3 is 2.11 bits per heavy atom. The molecule has 0 aliphatic heterocycles. The van der Waals surface area contributed by atoms with Gasteiger partial charge in [-0.3, -0.25) is 4.90 Å². The van der Waals surface area contributed by atoms with E-state index in [0.717, 1.165) is 22.3 Å². The Labute approximate surface area is 205 Å². The van der Waals surface area contributed by atoms with Gasteiger partial charge in [-0.15, -0.1) is 0 Å². The van der Waals surface area contributed by atoms with E-state index in [0.29, 0.717) is 5.56 Å². The van der Waals surface area contributed by atoms with Gasteiger partial charge in [0, 0.05) is 19.4 Å². The van der Waals surface area contributed by atoms with Crippen LogP contribution in [0.5, 0.6) is 0 Å². The summed E-state index contributed by atoms with van der Waals surface area (Å²) < 4.78 is 25.1. The van der Waals surface area contributed by atoms with Gasteiger partial charge in [0.2, 0.25) is 0 Å². The number of nitrogens with zero attached hydrogens (tertiary/aromatic N) is 1. The van der Waals surface area contributed by atoms with E-state index in [4.69, 9.17) is 9.47 Å². The molecule has 1 unspecified atom stereocenters. The van der Waals surface area contributed by atoms with Crippen molar-refractivity contribution in [1.29, 1.82) is 0 Å². The number of amides is 1. The maximum Gasteiger partial charge on any atom is 0.410 e. The second-order valence-corrected chi connectivity index (χ2v) is 9.80. The Morgan fingerprint density at radius 2 is 1.54 bits per heavy atom. The normalized spacial score (nSPS) is 13.5. The molecule has 0 bridgehead atoms. The summed E-state index contributed by atoms with van der Waals surface area (Å²) in [5, 5.41) is 0. The summed E-state index contributed by atoms with van der Waals surface area (Å²) in [5.74, 6) is -1.07. The highest BCUT2D eigenvalue weighted by Gasteiger charge is 2.34. The molecule has 1 aliphatic rings. The van der Waals surface area contributed by atoms with Gasteiger partial charge in [-0.2, -0.15) is 0 Å². The monoisotopic (exact) mass is 475 g/mol. The van der Waals surface area contributed by atoms with E-state index in [1.807, 2.05) is 36.4 Å². The van der Waals surface area contributed by atoms with Crippen molar-refractivity contribution in [2.45, 2.75) is 44.8 Å². The second kappa shape index (κ2) is 9.90. The van der Waals surface area contributed by atoms with Crippen LogP contribution in [0, 0.1) is 5.82 Å². The first-order valence-corrected chi connectivity index (χ1v) is 11.7. The Morgan fingerprint density at radius 1 is 0.943 bits per heavy atom. The number of halogens is 1. The zero-order valence-electron chi connectivity index (χ0n) is 20.5. The molecule has 182 valence electrons. The number of hydrogen-bond acceptors (Lipinski definition) is 4. The fourth-order valence-electron chi connectivity index (χ4n) is 4.46. The molecule has 0 N–H and O–H groups in total. The minimum Gasteiger partial charge on any atom is -0.458 e. The molecule has 0 spiro atoms. The van der Waals surface area contributed by atoms with Crippen LogP contribution in [0.3, 0.4) is 0 Å². The fraction of sp³-hybridized carbons (Fsp3) is 0.310. The number of carbonyl (C=O) groups is 2. The number of fused-ring (bicyclic) bond motifs is 3. The van der Waals surface area contributed by atoms with Crippen LogP contribution >= 0.6 is 0 Å². The van der Waals surface area contributed by atoms with Gasteiger partial charge in [0.15, 0.2) is 0 Å². The van der Waals surface area contributed by atoms with Gasteiger partial charge in [-0.25, -0.2) is 14.0 Å². The van der Waals surface area contributed by atoms with E-state index in [1.165, 1.54) is 24.1 Å². The molecule has 4 rings (SSSR count). The lowest BCUT2D eigenvalue weighted by molar-refractivity contribution is -0.160. The number of rotatable bonds is 6. The third-order valence-corrected chi connectivity index (χ3v) is 6.09. The average Bonchev–Trinajstić information content (AvgIpc) is 3.13. The number of esters is 1. The van der Waals surface area contributed by atoms with Crippen molar-refractivity contribution in [2.24, 2.45) is 0 Å². The third-order valence-electron chi connectivity index (χ3n) is 6.09. The Kier molecular flexibility index (Phi) is 6.92. The summed E-state index contributed by atoms with van der Waals surface area (Å²) in [6, 6.07) is 21.2. The van der Waals surface area contributed by atoms with Gasteiger partial charge in [0.05, 0.1) is 0 Å². The summed E-state index contributed by atoms with van der Waals surface area (Å²) in [6.45, 7) is 5.42. The zero-order chi connectivity index (χ0) is 25.2. The molecule has 6 heteroatoms. The highest BCUT2D eigenvalue weighted by molar-refractivity contribution is 5.82. The van der Waals surface area contributed by atoms with Crippen LogP contribution in [0.25, 0.3) is 11.1 Å². The molecule has 0 radical (unpaired) electrons. The quantitative estimate of drug-likeness (QED) is 0.413. The van der Waals surface area contributed by atoms with E-state index in [2.05, 4.69) is 12.1 Å². The van der Waals surface area contributed by atoms with Crippen LogP contribution in [0.1, 0.15) is 43.4 Å². The fourth-order valence-corrected chi connectivity index (χ4v) is 4.46. The topological polar surface area (TPSA) is 55.8 Å². The Hall–Kier alpha value is -3.67. The van der Waals surface area contributed by atoms with E-state index in [-0.39, 0.29) is 18.9 Å². The lowest BCUT2D eigenvalue weighted by Gasteiger charge is -2.30. The van der Waals surface area contributed by atoms with Crippen molar-refractivity contribution in [3.05, 3.63) is 95.3 Å². The van der Waals surface area contributed by atoms with Gasteiger partial charge in [0.25, 0.3) is 0 Å². The molecular weight excluding hydrogens is 445 g/mol. The molecule has 35 heavy (non-hydrogen) atoms. The van der Waals surface area contributed by atoms with E-state index >= 15 is 0 Å². The average molecular weight is 476 g/mol. The van der Waals surface area contributed by atoms with Gasteiger partial charge >= 0.3 is 12.1 Å². The molecule has 5 nitrogen and oxygen atoms in total. The van der Waals surface area contributed by atoms with Gasteiger partial charge < -0.3 is 9.47 Å². The third kappa shape index (κ3) is 5.53. The van der Waals surface area contributed by atoms with Crippen molar-refractivity contribution >= 4 is 12.1 Å². The maximum atomic E-state index is 13.8. The van der Waals surface area contributed by atoms with Gasteiger partial charge in [0.1, 0.15) is 24.1 Å². The van der Waals surface area contributed by atoms with Crippen molar-refractivity contribution in [1.82, 2.24) is 4.90 Å². The maximum absolute atomic E-state index is 13.8. The standard InChI is InChI=1S/C29H30FNO4/c1-29(2,3)35-27(32)26(17-19-10-9-11-20(30)16-19)31(4)28(33)34-18-25-23-14-7-5-12-21(23)22-13-6-8-15-24(22)25/h5-16,25-26H,17-18H2,1-4H3. The number of ether oxygens (including phenoxy) is 2. The van der Waals surface area contributed by atoms with E-state index in [1.54, 1.807) is 32.9 Å². The van der Waals surface area contributed by atoms with Crippen molar-refractivity contribution in [2.75, 3.05) is 13.7 Å². The predicted molar refractivity (Wildman–Crippen MR) is 133 cm³/mol. The minimum absolute atomic E-state index is 0.0945. The number of likely N-dealkylation sites (N-methyl/N-ethyl adjacent to an activating group) is 1. The molecule has 0 aromatic heterocycles. The SMILES string of the molecule is CN(C(=O)OCC1c2ccccc2-c2ccccc21)C(Cc1cccc(F)c1)C(=O)OC(C)(C)C. The summed E-state index contributed by atoms with van der Waals surface area (Å²) in [7, 11) is 1.51. The summed E-state index contributed by atoms with van der Waals surface area (Å²) >= 11 is 0. The molecule has 0 fully saturated rings. The number of carbonyl (C=O) groups excluding carboxylic acids is 2. The van der Waals surface area contributed by atoms with Crippen LogP contribution in [0.4, 0.5) is 9.18 Å². The molecule has 1 aliphatic carbocycles. The molecular formula is C29H30FNO4. The smallest absolute Gasteiger partial charge is 0.410 e. The largest absolute Gasteiger partial charge is 0.458 e. The summed E-state index contributed by atoms with van der Waals surface area (Å²) in [6.07, 6.45) is -0.535. The lowest BCUT2D eigenvalue weighted by atomic mass is 9.98. The van der Waals surface area contributed by atoms with E-state index in [9.17, 15) is 14.0 Å². The van der Waals surface area contributed by atoms with Crippen LogP contribution in [-0.4, -0.2) is 42.3 Å². The molecule has 0 saturated heterocycles. The van der Waals surface area contributed by atoms with Crippen molar-refractivity contribution in [3.8, 4) is 11.1 Å². The van der Waals surface area contributed by atoms with Gasteiger partial charge in [-0.1, -0.05) is 60.7 Å². The van der Waals surface area contributed by atoms with Gasteiger partial charge in [-0.05, 0) is 60.7 Å². The first-order valence-electron chi connectivity index (χ1n) is 11.7. The van der Waals surface area contributed by atoms with Crippen LogP contribution in [0.15, 0.2) is 72.8 Å². The highest BCUT2D eigenvalue weighted by atomic mass is 19.1. The van der Waals surface area contributed by atoms with Crippen LogP contribution < -0.4 is 0 Å². The molecule has 0 heterocycles. The first kappa shape index (κ1) is 24.5. The second-order valence-electron chi connectivity index (χ2n) is 9.80. The molecule has 3 aromatic carbocycles. The predicted octanol–water partition coefficient (Wildman–Crippen LogP) is 5.96.